The lowest BCUT2D eigenvalue weighted by atomic mass is 10.2. The number of nitrogens with zero attached hydrogens (tertiary/aromatic N) is 3. The van der Waals surface area contributed by atoms with Crippen molar-refractivity contribution in [3.05, 3.63) is 47.6 Å². The second-order valence-corrected chi connectivity index (χ2v) is 3.99. The standard InChI is InChI=1S/C12H8ClN3O/c13-10-2-1-3-11-14-12(15-16(10)11)8-4-6-9(17)7-5-8/h1-7,17H. The summed E-state index contributed by atoms with van der Waals surface area (Å²) in [6, 6.07) is 12.1. The first kappa shape index (κ1) is 10.1. The maximum atomic E-state index is 9.22. The molecule has 0 amide bonds. The molecule has 0 saturated heterocycles. The van der Waals surface area contributed by atoms with Gasteiger partial charge in [-0.2, -0.15) is 0 Å². The Kier molecular flexibility index (Phi) is 2.23. The topological polar surface area (TPSA) is 50.4 Å². The van der Waals surface area contributed by atoms with Gasteiger partial charge in [0.1, 0.15) is 10.9 Å². The summed E-state index contributed by atoms with van der Waals surface area (Å²) in [5, 5.41) is 14.0. The minimum atomic E-state index is 0.218. The lowest BCUT2D eigenvalue weighted by molar-refractivity contribution is 0.475. The van der Waals surface area contributed by atoms with E-state index in [1.54, 1.807) is 34.8 Å². The largest absolute Gasteiger partial charge is 0.508 e. The van der Waals surface area contributed by atoms with Crippen molar-refractivity contribution in [1.29, 1.82) is 0 Å². The molecular weight excluding hydrogens is 238 g/mol. The van der Waals surface area contributed by atoms with Crippen molar-refractivity contribution in [1.82, 2.24) is 14.6 Å². The van der Waals surface area contributed by atoms with Crippen LogP contribution in [-0.2, 0) is 0 Å². The fraction of sp³-hybridized carbons (Fsp3) is 0. The van der Waals surface area contributed by atoms with E-state index in [0.717, 1.165) is 5.56 Å². The first-order chi connectivity index (χ1) is 8.24. The fourth-order valence-electron chi connectivity index (χ4n) is 1.61. The van der Waals surface area contributed by atoms with Gasteiger partial charge < -0.3 is 5.11 Å². The molecule has 0 radical (unpaired) electrons. The Hall–Kier alpha value is -2.07. The molecule has 84 valence electrons. The van der Waals surface area contributed by atoms with Crippen LogP contribution in [0.1, 0.15) is 0 Å². The van der Waals surface area contributed by atoms with Gasteiger partial charge in [-0.15, -0.1) is 5.10 Å². The predicted molar refractivity (Wildman–Crippen MR) is 65.1 cm³/mol. The zero-order valence-electron chi connectivity index (χ0n) is 8.71. The highest BCUT2D eigenvalue weighted by atomic mass is 35.5. The highest BCUT2D eigenvalue weighted by Gasteiger charge is 2.07. The Morgan fingerprint density at radius 2 is 1.82 bits per heavy atom. The highest BCUT2D eigenvalue weighted by molar-refractivity contribution is 6.29. The number of halogens is 1. The molecule has 0 aliphatic rings. The summed E-state index contributed by atoms with van der Waals surface area (Å²) >= 11 is 6.00. The summed E-state index contributed by atoms with van der Waals surface area (Å²) in [7, 11) is 0. The first-order valence-electron chi connectivity index (χ1n) is 5.05. The van der Waals surface area contributed by atoms with Gasteiger partial charge in [-0.05, 0) is 36.4 Å². The Bertz CT molecular complexity index is 676. The van der Waals surface area contributed by atoms with Crippen LogP contribution in [0.2, 0.25) is 5.15 Å². The van der Waals surface area contributed by atoms with Crippen LogP contribution in [0.25, 0.3) is 17.0 Å². The third-order valence-corrected chi connectivity index (χ3v) is 2.73. The van der Waals surface area contributed by atoms with Crippen molar-refractivity contribution in [2.45, 2.75) is 0 Å². The third-order valence-electron chi connectivity index (χ3n) is 2.44. The predicted octanol–water partition coefficient (Wildman–Crippen LogP) is 2.76. The molecule has 0 spiro atoms. The number of rotatable bonds is 1. The molecule has 0 fully saturated rings. The van der Waals surface area contributed by atoms with Crippen molar-refractivity contribution in [2.75, 3.05) is 0 Å². The Labute approximate surface area is 102 Å². The lowest BCUT2D eigenvalue weighted by Crippen LogP contribution is -1.88. The Morgan fingerprint density at radius 1 is 1.06 bits per heavy atom. The monoisotopic (exact) mass is 245 g/mol. The molecule has 0 saturated carbocycles. The molecule has 1 aromatic carbocycles. The minimum Gasteiger partial charge on any atom is -0.508 e. The van der Waals surface area contributed by atoms with Gasteiger partial charge >= 0.3 is 0 Å². The van der Waals surface area contributed by atoms with E-state index < -0.39 is 0 Å². The summed E-state index contributed by atoms with van der Waals surface area (Å²) in [6.07, 6.45) is 0. The molecule has 0 atom stereocenters. The number of pyridine rings is 1. The molecule has 2 aromatic heterocycles. The van der Waals surface area contributed by atoms with Gasteiger partial charge in [-0.3, -0.25) is 0 Å². The van der Waals surface area contributed by atoms with Crippen LogP contribution in [0.3, 0.4) is 0 Å². The first-order valence-corrected chi connectivity index (χ1v) is 5.42. The molecule has 2 heterocycles. The molecule has 0 unspecified atom stereocenters. The van der Waals surface area contributed by atoms with Crippen molar-refractivity contribution in [2.24, 2.45) is 0 Å². The van der Waals surface area contributed by atoms with Crippen molar-refractivity contribution < 1.29 is 5.11 Å². The second kappa shape index (κ2) is 3.75. The van der Waals surface area contributed by atoms with E-state index in [0.29, 0.717) is 16.6 Å². The molecule has 3 rings (SSSR count). The van der Waals surface area contributed by atoms with E-state index in [-0.39, 0.29) is 5.75 Å². The normalized spacial score (nSPS) is 10.9. The van der Waals surface area contributed by atoms with Crippen LogP contribution in [0.5, 0.6) is 5.75 Å². The van der Waals surface area contributed by atoms with Gasteiger partial charge in [-0.1, -0.05) is 17.7 Å². The maximum Gasteiger partial charge on any atom is 0.182 e. The van der Waals surface area contributed by atoms with Gasteiger partial charge in [0.2, 0.25) is 0 Å². The molecule has 4 nitrogen and oxygen atoms in total. The summed E-state index contributed by atoms with van der Waals surface area (Å²) in [4.78, 5) is 4.36. The molecular formula is C12H8ClN3O. The average molecular weight is 246 g/mol. The van der Waals surface area contributed by atoms with Gasteiger partial charge in [0.15, 0.2) is 11.5 Å². The zero-order chi connectivity index (χ0) is 11.8. The smallest absolute Gasteiger partial charge is 0.182 e. The van der Waals surface area contributed by atoms with E-state index in [9.17, 15) is 5.11 Å². The van der Waals surface area contributed by atoms with Gasteiger partial charge in [0, 0.05) is 5.56 Å². The SMILES string of the molecule is Oc1ccc(-c2nc3cccc(Cl)n3n2)cc1. The minimum absolute atomic E-state index is 0.218. The molecule has 17 heavy (non-hydrogen) atoms. The molecule has 1 N–H and O–H groups in total. The number of fused-ring (bicyclic) bond motifs is 1. The van der Waals surface area contributed by atoms with Crippen LogP contribution in [0.15, 0.2) is 42.5 Å². The second-order valence-electron chi connectivity index (χ2n) is 3.60. The maximum absolute atomic E-state index is 9.22. The van der Waals surface area contributed by atoms with Crippen LogP contribution in [0.4, 0.5) is 0 Å². The van der Waals surface area contributed by atoms with Crippen LogP contribution >= 0.6 is 11.6 Å². The van der Waals surface area contributed by atoms with E-state index in [4.69, 9.17) is 11.6 Å². The summed E-state index contributed by atoms with van der Waals surface area (Å²) in [5.74, 6) is 0.800. The summed E-state index contributed by atoms with van der Waals surface area (Å²) in [6.45, 7) is 0. The molecule has 0 aliphatic heterocycles. The van der Waals surface area contributed by atoms with E-state index in [1.807, 2.05) is 12.1 Å². The van der Waals surface area contributed by atoms with Crippen molar-refractivity contribution in [3.8, 4) is 17.1 Å². The zero-order valence-corrected chi connectivity index (χ0v) is 9.46. The number of aromatic hydroxyl groups is 1. The van der Waals surface area contributed by atoms with Crippen LogP contribution < -0.4 is 0 Å². The van der Waals surface area contributed by atoms with Gasteiger partial charge in [-0.25, -0.2) is 9.50 Å². The van der Waals surface area contributed by atoms with Crippen LogP contribution in [-0.4, -0.2) is 19.7 Å². The van der Waals surface area contributed by atoms with E-state index >= 15 is 0 Å². The average Bonchev–Trinajstić information content (AvgIpc) is 2.75. The summed E-state index contributed by atoms with van der Waals surface area (Å²) in [5.41, 5.74) is 1.53. The number of phenols is 1. The molecule has 5 heteroatoms. The molecule has 0 aliphatic carbocycles. The quantitative estimate of drug-likeness (QED) is 0.671. The van der Waals surface area contributed by atoms with Gasteiger partial charge in [0.25, 0.3) is 0 Å². The fourth-order valence-corrected chi connectivity index (χ4v) is 1.80. The van der Waals surface area contributed by atoms with Gasteiger partial charge in [0.05, 0.1) is 0 Å². The van der Waals surface area contributed by atoms with E-state index in [1.165, 1.54) is 0 Å². The number of aromatic nitrogens is 3. The highest BCUT2D eigenvalue weighted by Crippen LogP contribution is 2.20. The number of phenolic OH excluding ortho intramolecular Hbond substituents is 1. The van der Waals surface area contributed by atoms with Crippen molar-refractivity contribution >= 4 is 17.2 Å². The Morgan fingerprint density at radius 3 is 2.53 bits per heavy atom. The Balaban J connectivity index is 2.18. The van der Waals surface area contributed by atoms with Crippen molar-refractivity contribution in [3.63, 3.8) is 0 Å². The lowest BCUT2D eigenvalue weighted by Gasteiger charge is -1.94. The van der Waals surface area contributed by atoms with E-state index in [2.05, 4.69) is 10.1 Å². The number of hydrogen-bond donors (Lipinski definition) is 1. The number of hydrogen-bond acceptors (Lipinski definition) is 3. The molecule has 3 aromatic rings. The third kappa shape index (κ3) is 1.72. The summed E-state index contributed by atoms with van der Waals surface area (Å²) < 4.78 is 1.57. The molecule has 0 bridgehead atoms. The number of benzene rings is 1. The van der Waals surface area contributed by atoms with Crippen LogP contribution in [0, 0.1) is 0 Å².